The second-order valence-electron chi connectivity index (χ2n) is 6.31. The first-order valence-corrected chi connectivity index (χ1v) is 9.94. The molecule has 0 bridgehead atoms. The molecule has 7 heteroatoms. The number of carbonyl (C=O) groups excluding carboxylic acids is 2. The number of hydrogen-bond donors (Lipinski definition) is 2. The highest BCUT2D eigenvalue weighted by atomic mass is 35.5. The van der Waals surface area contributed by atoms with Crippen molar-refractivity contribution in [2.75, 3.05) is 24.2 Å². The van der Waals surface area contributed by atoms with Gasteiger partial charge < -0.3 is 10.6 Å². The SMILES string of the molecule is CN(CC(=O)Nc1ccccc1C(=O)Nc1ccc(Cl)cc1)Cc1cccs1. The highest BCUT2D eigenvalue weighted by Gasteiger charge is 2.14. The van der Waals surface area contributed by atoms with Crippen molar-refractivity contribution in [2.24, 2.45) is 0 Å². The van der Waals surface area contributed by atoms with Crippen molar-refractivity contribution in [1.29, 1.82) is 0 Å². The molecule has 28 heavy (non-hydrogen) atoms. The van der Waals surface area contributed by atoms with Crippen LogP contribution in [0.4, 0.5) is 11.4 Å². The summed E-state index contributed by atoms with van der Waals surface area (Å²) in [6.07, 6.45) is 0. The molecule has 2 amide bonds. The molecule has 0 saturated carbocycles. The fourth-order valence-corrected chi connectivity index (χ4v) is 3.59. The van der Waals surface area contributed by atoms with Crippen LogP contribution in [0.1, 0.15) is 15.2 Å². The number of amides is 2. The van der Waals surface area contributed by atoms with E-state index in [1.54, 1.807) is 59.9 Å². The Morgan fingerprint density at radius 1 is 1.00 bits per heavy atom. The molecule has 0 aliphatic heterocycles. The van der Waals surface area contributed by atoms with Crippen LogP contribution in [0.15, 0.2) is 66.0 Å². The van der Waals surface area contributed by atoms with Gasteiger partial charge >= 0.3 is 0 Å². The van der Waals surface area contributed by atoms with Crippen LogP contribution in [-0.4, -0.2) is 30.3 Å². The highest BCUT2D eigenvalue weighted by Crippen LogP contribution is 2.19. The smallest absolute Gasteiger partial charge is 0.257 e. The van der Waals surface area contributed by atoms with Crippen molar-refractivity contribution < 1.29 is 9.59 Å². The van der Waals surface area contributed by atoms with Crippen molar-refractivity contribution >= 4 is 46.1 Å². The maximum absolute atomic E-state index is 12.6. The maximum atomic E-state index is 12.6. The quantitative estimate of drug-likeness (QED) is 0.589. The molecule has 0 saturated heterocycles. The topological polar surface area (TPSA) is 61.4 Å². The number of nitrogens with zero attached hydrogens (tertiary/aromatic N) is 1. The Hall–Kier alpha value is -2.67. The molecule has 0 aliphatic rings. The lowest BCUT2D eigenvalue weighted by Crippen LogP contribution is -2.30. The molecule has 2 aromatic carbocycles. The molecule has 3 aromatic rings. The summed E-state index contributed by atoms with van der Waals surface area (Å²) in [6.45, 7) is 0.925. The van der Waals surface area contributed by atoms with Crippen molar-refractivity contribution in [3.05, 3.63) is 81.5 Å². The Bertz CT molecular complexity index is 943. The van der Waals surface area contributed by atoms with Gasteiger partial charge in [-0.15, -0.1) is 11.3 Å². The van der Waals surface area contributed by atoms with Crippen LogP contribution in [0.5, 0.6) is 0 Å². The van der Waals surface area contributed by atoms with Gasteiger partial charge in [0.05, 0.1) is 17.8 Å². The zero-order valence-corrected chi connectivity index (χ0v) is 16.9. The molecule has 1 heterocycles. The van der Waals surface area contributed by atoms with Crippen LogP contribution in [0.25, 0.3) is 0 Å². The standard InChI is InChI=1S/C21H20ClN3O2S/c1-25(13-17-5-4-12-28-17)14-20(26)24-19-7-3-2-6-18(19)21(27)23-16-10-8-15(22)9-11-16/h2-12H,13-14H2,1H3,(H,23,27)(H,24,26). The third-order valence-electron chi connectivity index (χ3n) is 3.97. The molecule has 5 nitrogen and oxygen atoms in total. The predicted molar refractivity (Wildman–Crippen MR) is 115 cm³/mol. The first-order chi connectivity index (χ1) is 13.5. The van der Waals surface area contributed by atoms with Gasteiger partial charge in [-0.2, -0.15) is 0 Å². The molecule has 0 unspecified atom stereocenters. The Balaban J connectivity index is 1.63. The molecule has 1 aromatic heterocycles. The summed E-state index contributed by atoms with van der Waals surface area (Å²) in [7, 11) is 1.89. The second-order valence-corrected chi connectivity index (χ2v) is 7.78. The number of halogens is 1. The Morgan fingerprint density at radius 3 is 2.46 bits per heavy atom. The second kappa shape index (κ2) is 9.50. The highest BCUT2D eigenvalue weighted by molar-refractivity contribution is 7.09. The lowest BCUT2D eigenvalue weighted by molar-refractivity contribution is -0.117. The van der Waals surface area contributed by atoms with Crippen LogP contribution in [0, 0.1) is 0 Å². The largest absolute Gasteiger partial charge is 0.324 e. The van der Waals surface area contributed by atoms with E-state index in [4.69, 9.17) is 11.6 Å². The van der Waals surface area contributed by atoms with Gasteiger partial charge in [-0.25, -0.2) is 0 Å². The van der Waals surface area contributed by atoms with Crippen molar-refractivity contribution in [2.45, 2.75) is 6.54 Å². The minimum atomic E-state index is -0.301. The van der Waals surface area contributed by atoms with E-state index in [9.17, 15) is 9.59 Å². The van der Waals surface area contributed by atoms with Gasteiger partial charge in [0.15, 0.2) is 0 Å². The number of benzene rings is 2. The van der Waals surface area contributed by atoms with Crippen molar-refractivity contribution in [3.63, 3.8) is 0 Å². The van der Waals surface area contributed by atoms with Crippen LogP contribution in [-0.2, 0) is 11.3 Å². The molecular formula is C21H20ClN3O2S. The van der Waals surface area contributed by atoms with E-state index in [-0.39, 0.29) is 18.4 Å². The number of para-hydroxylation sites is 1. The molecule has 0 spiro atoms. The van der Waals surface area contributed by atoms with Crippen LogP contribution < -0.4 is 10.6 Å². The molecule has 0 aliphatic carbocycles. The van der Waals surface area contributed by atoms with E-state index in [0.717, 1.165) is 0 Å². The lowest BCUT2D eigenvalue weighted by Gasteiger charge is -2.16. The van der Waals surface area contributed by atoms with Gasteiger partial charge in [0.1, 0.15) is 0 Å². The molecule has 3 rings (SSSR count). The summed E-state index contributed by atoms with van der Waals surface area (Å²) >= 11 is 7.53. The van der Waals surface area contributed by atoms with Crippen LogP contribution >= 0.6 is 22.9 Å². The monoisotopic (exact) mass is 413 g/mol. The third kappa shape index (κ3) is 5.66. The van der Waals surface area contributed by atoms with E-state index in [1.165, 1.54) is 4.88 Å². The first kappa shape index (κ1) is 20.1. The summed E-state index contributed by atoms with van der Waals surface area (Å²) in [5.41, 5.74) is 1.50. The van der Waals surface area contributed by atoms with Crippen molar-refractivity contribution in [1.82, 2.24) is 4.90 Å². The molecule has 2 N–H and O–H groups in total. The van der Waals surface area contributed by atoms with E-state index >= 15 is 0 Å². The number of rotatable bonds is 7. The van der Waals surface area contributed by atoms with E-state index in [1.807, 2.05) is 29.5 Å². The van der Waals surface area contributed by atoms with Gasteiger partial charge in [0.25, 0.3) is 5.91 Å². The van der Waals surface area contributed by atoms with Gasteiger partial charge in [-0.3, -0.25) is 14.5 Å². The summed E-state index contributed by atoms with van der Waals surface area (Å²) in [5, 5.41) is 8.26. The number of hydrogen-bond acceptors (Lipinski definition) is 4. The zero-order chi connectivity index (χ0) is 19.9. The summed E-state index contributed by atoms with van der Waals surface area (Å²) in [6, 6.07) is 17.8. The zero-order valence-electron chi connectivity index (χ0n) is 15.3. The summed E-state index contributed by atoms with van der Waals surface area (Å²) in [4.78, 5) is 28.2. The fourth-order valence-electron chi connectivity index (χ4n) is 2.68. The normalized spacial score (nSPS) is 10.7. The van der Waals surface area contributed by atoms with Gasteiger partial charge in [-0.05, 0) is 54.9 Å². The van der Waals surface area contributed by atoms with E-state index in [2.05, 4.69) is 10.6 Å². The average Bonchev–Trinajstić information content (AvgIpc) is 3.16. The minimum absolute atomic E-state index is 0.175. The van der Waals surface area contributed by atoms with E-state index < -0.39 is 0 Å². The Kier molecular flexibility index (Phi) is 6.81. The first-order valence-electron chi connectivity index (χ1n) is 8.68. The molecular weight excluding hydrogens is 394 g/mol. The third-order valence-corrected chi connectivity index (χ3v) is 5.08. The summed E-state index contributed by atoms with van der Waals surface area (Å²) in [5.74, 6) is -0.476. The molecule has 0 radical (unpaired) electrons. The van der Waals surface area contributed by atoms with Crippen molar-refractivity contribution in [3.8, 4) is 0 Å². The predicted octanol–water partition coefficient (Wildman–Crippen LogP) is 4.72. The van der Waals surface area contributed by atoms with Gasteiger partial charge in [0, 0.05) is 22.1 Å². The Labute approximate surface area is 172 Å². The fraction of sp³-hybridized carbons (Fsp3) is 0.143. The number of thiophene rings is 1. The molecule has 0 atom stereocenters. The van der Waals surface area contributed by atoms with Crippen LogP contribution in [0.2, 0.25) is 5.02 Å². The average molecular weight is 414 g/mol. The summed E-state index contributed by atoms with van der Waals surface area (Å²) < 4.78 is 0. The Morgan fingerprint density at radius 2 is 1.75 bits per heavy atom. The number of carbonyl (C=O) groups is 2. The number of anilines is 2. The maximum Gasteiger partial charge on any atom is 0.257 e. The molecule has 0 fully saturated rings. The van der Waals surface area contributed by atoms with Gasteiger partial charge in [-0.1, -0.05) is 29.8 Å². The van der Waals surface area contributed by atoms with Gasteiger partial charge in [0.2, 0.25) is 5.91 Å². The van der Waals surface area contributed by atoms with E-state index in [0.29, 0.717) is 28.5 Å². The number of likely N-dealkylation sites (N-methyl/N-ethyl adjacent to an activating group) is 1. The minimum Gasteiger partial charge on any atom is -0.324 e. The lowest BCUT2D eigenvalue weighted by atomic mass is 10.1. The number of nitrogens with one attached hydrogen (secondary N) is 2. The van der Waals surface area contributed by atoms with Crippen LogP contribution in [0.3, 0.4) is 0 Å². The molecule has 144 valence electrons.